The minimum atomic E-state index is -1.51. The molecule has 0 saturated heterocycles. The van der Waals surface area contributed by atoms with E-state index in [9.17, 15) is 33.6 Å². The van der Waals surface area contributed by atoms with E-state index in [0.29, 0.717) is 19.4 Å². The van der Waals surface area contributed by atoms with Crippen LogP contribution in [-0.2, 0) is 40.0 Å². The van der Waals surface area contributed by atoms with Crippen molar-refractivity contribution >= 4 is 52.3 Å². The van der Waals surface area contributed by atoms with Gasteiger partial charge in [-0.25, -0.2) is 0 Å². The van der Waals surface area contributed by atoms with Gasteiger partial charge in [0.05, 0.1) is 19.0 Å². The summed E-state index contributed by atoms with van der Waals surface area (Å²) in [6.45, 7) is 2.73. The molecule has 0 unspecified atom stereocenters. The van der Waals surface area contributed by atoms with E-state index in [4.69, 9.17) is 22.3 Å². The van der Waals surface area contributed by atoms with E-state index in [1.54, 1.807) is 6.20 Å². The lowest BCUT2D eigenvalue weighted by atomic mass is 10.00. The monoisotopic (exact) mass is 673 g/mol. The number of nitrogens with one attached hydrogen (secondary N) is 6. The number of carboxylic acid groups (broad SMARTS) is 1. The number of para-hydroxylation sites is 1. The number of aromatic nitrogens is 1. The number of carbonyl (C=O) groups is 7. The van der Waals surface area contributed by atoms with Crippen LogP contribution in [0.3, 0.4) is 0 Å². The minimum absolute atomic E-state index is 0.0354. The number of amides is 6. The quantitative estimate of drug-likeness (QED) is 0.0642. The number of fused-ring (bicyclic) bond motifs is 1. The first-order chi connectivity index (χ1) is 22.7. The number of aliphatic carboxylic acids is 1. The number of primary amides is 1. The first kappa shape index (κ1) is 39.1. The van der Waals surface area contributed by atoms with Gasteiger partial charge in [-0.2, -0.15) is 0 Å². The summed E-state index contributed by atoms with van der Waals surface area (Å²) in [4.78, 5) is 90.2. The molecule has 0 saturated carbocycles. The van der Waals surface area contributed by atoms with Crippen molar-refractivity contribution in [2.75, 3.05) is 19.6 Å². The van der Waals surface area contributed by atoms with E-state index in [2.05, 4.69) is 31.6 Å². The Morgan fingerprint density at radius 2 is 1.48 bits per heavy atom. The molecule has 0 fully saturated rings. The smallest absolute Gasteiger partial charge is 0.322 e. The second kappa shape index (κ2) is 19.6. The van der Waals surface area contributed by atoms with Crippen molar-refractivity contribution < 1.29 is 38.7 Å². The summed E-state index contributed by atoms with van der Waals surface area (Å²) in [5.74, 6) is -6.05. The fraction of sp³-hybridized carbons (Fsp3) is 0.516. The molecule has 264 valence electrons. The molecule has 17 heteroatoms. The largest absolute Gasteiger partial charge is 0.480 e. The van der Waals surface area contributed by atoms with Crippen molar-refractivity contribution in [2.24, 2.45) is 23.1 Å². The van der Waals surface area contributed by atoms with Gasteiger partial charge in [-0.15, -0.1) is 0 Å². The van der Waals surface area contributed by atoms with Crippen LogP contribution < -0.4 is 43.8 Å². The van der Waals surface area contributed by atoms with E-state index >= 15 is 0 Å². The van der Waals surface area contributed by atoms with Crippen molar-refractivity contribution in [1.29, 1.82) is 0 Å². The number of unbranched alkanes of at least 4 members (excludes halogenated alkanes) is 1. The summed E-state index contributed by atoms with van der Waals surface area (Å²) in [7, 11) is 0. The second-order valence-electron chi connectivity index (χ2n) is 11.8. The minimum Gasteiger partial charge on any atom is -0.480 e. The van der Waals surface area contributed by atoms with Gasteiger partial charge >= 0.3 is 5.97 Å². The Bertz CT molecular complexity index is 1440. The predicted octanol–water partition coefficient (Wildman–Crippen LogP) is -2.14. The van der Waals surface area contributed by atoms with Crippen LogP contribution in [0, 0.1) is 5.92 Å². The van der Waals surface area contributed by atoms with E-state index in [1.807, 2.05) is 38.1 Å². The van der Waals surface area contributed by atoms with Gasteiger partial charge in [-0.05, 0) is 56.2 Å². The molecule has 1 aromatic heterocycles. The third kappa shape index (κ3) is 13.4. The van der Waals surface area contributed by atoms with Gasteiger partial charge in [-0.1, -0.05) is 32.0 Å². The number of aromatic amines is 1. The highest BCUT2D eigenvalue weighted by molar-refractivity contribution is 5.97. The molecule has 2 aromatic rings. The highest BCUT2D eigenvalue weighted by Gasteiger charge is 2.31. The van der Waals surface area contributed by atoms with Crippen LogP contribution in [0.15, 0.2) is 30.5 Å². The summed E-state index contributed by atoms with van der Waals surface area (Å²) < 4.78 is 0. The molecule has 1 heterocycles. The van der Waals surface area contributed by atoms with Gasteiger partial charge in [0, 0.05) is 17.1 Å². The maximum atomic E-state index is 13.5. The van der Waals surface area contributed by atoms with Crippen molar-refractivity contribution in [2.45, 2.75) is 76.5 Å². The van der Waals surface area contributed by atoms with E-state index < -0.39 is 85.1 Å². The number of hydrogen-bond donors (Lipinski definition) is 10. The van der Waals surface area contributed by atoms with Crippen LogP contribution in [0.4, 0.5) is 0 Å². The molecule has 13 N–H and O–H groups in total. The van der Waals surface area contributed by atoms with Crippen molar-refractivity contribution in [3.63, 3.8) is 0 Å². The topological polar surface area (TPSA) is 294 Å². The van der Waals surface area contributed by atoms with Gasteiger partial charge in [0.2, 0.25) is 35.4 Å². The van der Waals surface area contributed by atoms with Crippen molar-refractivity contribution in [3.8, 4) is 0 Å². The molecule has 1 aromatic carbocycles. The number of rotatable bonds is 21. The number of nitrogens with two attached hydrogens (primary N) is 3. The van der Waals surface area contributed by atoms with Crippen LogP contribution in [0.2, 0.25) is 0 Å². The molecule has 48 heavy (non-hydrogen) atoms. The zero-order chi connectivity index (χ0) is 35.8. The molecule has 2 rings (SSSR count). The third-order valence-electron chi connectivity index (χ3n) is 7.27. The maximum absolute atomic E-state index is 13.5. The van der Waals surface area contributed by atoms with Crippen LogP contribution in [0.5, 0.6) is 0 Å². The van der Waals surface area contributed by atoms with Crippen molar-refractivity contribution in [1.82, 2.24) is 31.6 Å². The molecular formula is C31H47N9O8. The zero-order valence-corrected chi connectivity index (χ0v) is 27.2. The Hall–Kier alpha value is -5.03. The normalized spacial score (nSPS) is 13.5. The predicted molar refractivity (Wildman–Crippen MR) is 176 cm³/mol. The molecule has 17 nitrogen and oxygen atoms in total. The molecule has 0 aliphatic rings. The number of carboxylic acids is 1. The first-order valence-electron chi connectivity index (χ1n) is 15.7. The Balaban J connectivity index is 2.15. The van der Waals surface area contributed by atoms with E-state index in [1.165, 1.54) is 0 Å². The van der Waals surface area contributed by atoms with Crippen LogP contribution in [0.1, 0.15) is 51.5 Å². The molecule has 6 amide bonds. The average molecular weight is 674 g/mol. The maximum Gasteiger partial charge on any atom is 0.322 e. The lowest BCUT2D eigenvalue weighted by molar-refractivity contribution is -0.138. The van der Waals surface area contributed by atoms with Crippen molar-refractivity contribution in [3.05, 3.63) is 36.0 Å². The Labute approximate surface area is 277 Å². The molecule has 0 aliphatic carbocycles. The third-order valence-corrected chi connectivity index (χ3v) is 7.27. The highest BCUT2D eigenvalue weighted by Crippen LogP contribution is 2.19. The van der Waals surface area contributed by atoms with E-state index in [-0.39, 0.29) is 25.2 Å². The lowest BCUT2D eigenvalue weighted by Crippen LogP contribution is -2.58. The number of hydrogen-bond acceptors (Lipinski definition) is 9. The Morgan fingerprint density at radius 3 is 2.12 bits per heavy atom. The lowest BCUT2D eigenvalue weighted by Gasteiger charge is -2.26. The summed E-state index contributed by atoms with van der Waals surface area (Å²) >= 11 is 0. The Morgan fingerprint density at radius 1 is 0.833 bits per heavy atom. The average Bonchev–Trinajstić information content (AvgIpc) is 3.43. The van der Waals surface area contributed by atoms with Gasteiger partial charge in [-0.3, -0.25) is 33.6 Å². The molecular weight excluding hydrogens is 626 g/mol. The SMILES string of the molecule is CC(C)C[C@H](NC(=O)[C@@H](N)Cc1c[nH]c2ccccc12)C(=O)N[C@@H](CCCCN)C(=O)N[C@@H](CC(N)=O)C(=O)NCC(=O)NCC(=O)O. The molecule has 0 aliphatic heterocycles. The van der Waals surface area contributed by atoms with Crippen LogP contribution >= 0.6 is 0 Å². The fourth-order valence-electron chi connectivity index (χ4n) is 4.86. The van der Waals surface area contributed by atoms with E-state index in [0.717, 1.165) is 16.5 Å². The Kier molecular flexibility index (Phi) is 16.0. The zero-order valence-electron chi connectivity index (χ0n) is 27.2. The number of carbonyl (C=O) groups excluding carboxylic acids is 6. The summed E-state index contributed by atoms with van der Waals surface area (Å²) in [6, 6.07) is 2.84. The summed E-state index contributed by atoms with van der Waals surface area (Å²) in [5.41, 5.74) is 18.9. The summed E-state index contributed by atoms with van der Waals surface area (Å²) in [6.07, 6.45) is 2.64. The first-order valence-corrected chi connectivity index (χ1v) is 15.7. The summed E-state index contributed by atoms with van der Waals surface area (Å²) in [5, 5.41) is 21.6. The molecule has 0 bridgehead atoms. The van der Waals surface area contributed by atoms with Gasteiger partial charge < -0.3 is 53.9 Å². The molecule has 0 spiro atoms. The molecule has 4 atom stereocenters. The second-order valence-corrected chi connectivity index (χ2v) is 11.8. The van der Waals surface area contributed by atoms with Gasteiger partial charge in [0.25, 0.3) is 0 Å². The van der Waals surface area contributed by atoms with Gasteiger partial charge in [0.1, 0.15) is 24.7 Å². The highest BCUT2D eigenvalue weighted by atomic mass is 16.4. The number of benzene rings is 1. The van der Waals surface area contributed by atoms with Crippen LogP contribution in [0.25, 0.3) is 10.9 Å². The number of H-pyrrole nitrogens is 1. The fourth-order valence-corrected chi connectivity index (χ4v) is 4.86. The standard InChI is InChI=1S/C31H47N9O8/c1-17(2)11-23(39-28(45)20(33)12-18-14-35-21-8-4-3-7-19(18)21)31(48)38-22(9-5-6-10-32)30(47)40-24(13-25(34)41)29(46)37-15-26(42)36-16-27(43)44/h3-4,7-8,14,17,20,22-24,35H,5-6,9-13,15-16,32-33H2,1-2H3,(H2,34,41)(H,36,42)(H,37,46)(H,38,48)(H,39,45)(H,40,47)(H,43,44)/t20-,22-,23-,24-/m0/s1. The molecule has 0 radical (unpaired) electrons. The van der Waals surface area contributed by atoms with Gasteiger partial charge in [0.15, 0.2) is 0 Å². The van der Waals surface area contributed by atoms with Crippen LogP contribution in [-0.4, -0.2) is 95.3 Å².